The number of nitro groups is 1. The van der Waals surface area contributed by atoms with Crippen LogP contribution in [-0.2, 0) is 10.8 Å². The number of hydrogen-bond acceptors (Lipinski definition) is 5. The fourth-order valence-corrected chi connectivity index (χ4v) is 3.45. The molecule has 1 saturated heterocycles. The van der Waals surface area contributed by atoms with Crippen LogP contribution in [0.25, 0.3) is 0 Å². The molecule has 1 fully saturated rings. The standard InChI is InChI=1S/C12H16N2O4S/c1-18-11-4-2-3-10(12(11)14(15)16)13-9-5-7-19(17)8-6-9/h2-4,9,13H,5-8H2,1H3. The first kappa shape index (κ1) is 13.8. The number of nitrogens with one attached hydrogen (secondary N) is 1. The highest BCUT2D eigenvalue weighted by atomic mass is 32.2. The highest BCUT2D eigenvalue weighted by Crippen LogP contribution is 2.35. The number of methoxy groups -OCH3 is 1. The first-order valence-electron chi connectivity index (χ1n) is 6.04. The zero-order chi connectivity index (χ0) is 13.8. The van der Waals surface area contributed by atoms with E-state index in [9.17, 15) is 14.3 Å². The lowest BCUT2D eigenvalue weighted by Crippen LogP contribution is -2.29. The van der Waals surface area contributed by atoms with E-state index in [0.29, 0.717) is 17.2 Å². The molecule has 1 aliphatic heterocycles. The highest BCUT2D eigenvalue weighted by Gasteiger charge is 2.24. The Morgan fingerprint density at radius 2 is 2.11 bits per heavy atom. The van der Waals surface area contributed by atoms with Crippen molar-refractivity contribution in [2.24, 2.45) is 0 Å². The highest BCUT2D eigenvalue weighted by molar-refractivity contribution is 7.85. The van der Waals surface area contributed by atoms with Crippen molar-refractivity contribution in [2.45, 2.75) is 18.9 Å². The molecule has 1 aromatic carbocycles. The van der Waals surface area contributed by atoms with Crippen LogP contribution < -0.4 is 10.1 Å². The van der Waals surface area contributed by atoms with Crippen molar-refractivity contribution in [1.82, 2.24) is 0 Å². The molecule has 0 saturated carbocycles. The molecule has 1 heterocycles. The first-order valence-corrected chi connectivity index (χ1v) is 7.53. The van der Waals surface area contributed by atoms with Gasteiger partial charge in [0, 0.05) is 28.3 Å². The van der Waals surface area contributed by atoms with Crippen molar-refractivity contribution in [3.63, 3.8) is 0 Å². The Morgan fingerprint density at radius 1 is 1.42 bits per heavy atom. The van der Waals surface area contributed by atoms with E-state index in [0.717, 1.165) is 12.8 Å². The topological polar surface area (TPSA) is 81.5 Å². The lowest BCUT2D eigenvalue weighted by molar-refractivity contribution is -0.384. The van der Waals surface area contributed by atoms with Crippen LogP contribution in [0.1, 0.15) is 12.8 Å². The molecular weight excluding hydrogens is 268 g/mol. The molecule has 0 aliphatic carbocycles. The summed E-state index contributed by atoms with van der Waals surface area (Å²) < 4.78 is 16.3. The third-order valence-electron chi connectivity index (χ3n) is 3.15. The van der Waals surface area contributed by atoms with Crippen molar-refractivity contribution in [1.29, 1.82) is 0 Å². The Balaban J connectivity index is 2.20. The molecule has 7 heteroatoms. The summed E-state index contributed by atoms with van der Waals surface area (Å²) in [5, 5.41) is 14.3. The van der Waals surface area contributed by atoms with Crippen molar-refractivity contribution in [2.75, 3.05) is 23.9 Å². The van der Waals surface area contributed by atoms with Gasteiger partial charge in [-0.3, -0.25) is 14.3 Å². The molecule has 1 N–H and O–H groups in total. The smallest absolute Gasteiger partial charge is 0.333 e. The molecule has 0 amide bonds. The maximum Gasteiger partial charge on any atom is 0.333 e. The summed E-state index contributed by atoms with van der Waals surface area (Å²) in [6.45, 7) is 0. The number of ether oxygens (including phenoxy) is 1. The maximum absolute atomic E-state index is 11.3. The van der Waals surface area contributed by atoms with Crippen molar-refractivity contribution >= 4 is 22.2 Å². The summed E-state index contributed by atoms with van der Waals surface area (Å²) in [7, 11) is 0.675. The van der Waals surface area contributed by atoms with Gasteiger partial charge in [0.2, 0.25) is 0 Å². The molecule has 1 aromatic rings. The monoisotopic (exact) mass is 284 g/mol. The second-order valence-corrected chi connectivity index (χ2v) is 6.08. The molecule has 19 heavy (non-hydrogen) atoms. The Bertz CT molecular complexity index is 497. The van der Waals surface area contributed by atoms with Gasteiger partial charge in [0.05, 0.1) is 12.0 Å². The van der Waals surface area contributed by atoms with Crippen LogP contribution >= 0.6 is 0 Å². The normalized spacial score (nSPS) is 22.8. The second-order valence-electron chi connectivity index (χ2n) is 4.38. The van der Waals surface area contributed by atoms with E-state index in [2.05, 4.69) is 5.32 Å². The third kappa shape index (κ3) is 3.23. The molecule has 0 atom stereocenters. The maximum atomic E-state index is 11.3. The molecular formula is C12H16N2O4S. The fraction of sp³-hybridized carbons (Fsp3) is 0.500. The number of hydrogen-bond donors (Lipinski definition) is 1. The summed E-state index contributed by atoms with van der Waals surface area (Å²) in [5.41, 5.74) is 0.415. The average Bonchev–Trinajstić information content (AvgIpc) is 2.40. The van der Waals surface area contributed by atoms with Crippen LogP contribution in [0.4, 0.5) is 11.4 Å². The summed E-state index contributed by atoms with van der Waals surface area (Å²) in [4.78, 5) is 10.7. The lowest BCUT2D eigenvalue weighted by Gasteiger charge is -2.23. The number of nitro benzene ring substituents is 1. The number of rotatable bonds is 4. The molecule has 0 aromatic heterocycles. The Kier molecular flexibility index (Phi) is 4.36. The van der Waals surface area contributed by atoms with Gasteiger partial charge in [-0.2, -0.15) is 0 Å². The van der Waals surface area contributed by atoms with Crippen LogP contribution in [0, 0.1) is 10.1 Å². The largest absolute Gasteiger partial charge is 0.490 e. The van der Waals surface area contributed by atoms with Crippen LogP contribution in [0.15, 0.2) is 18.2 Å². The van der Waals surface area contributed by atoms with E-state index >= 15 is 0 Å². The fourth-order valence-electron chi connectivity index (χ4n) is 2.15. The SMILES string of the molecule is COc1cccc(NC2CCS(=O)CC2)c1[N+](=O)[O-]. The van der Waals surface area contributed by atoms with E-state index in [4.69, 9.17) is 4.74 Å². The van der Waals surface area contributed by atoms with Gasteiger partial charge in [0.15, 0.2) is 5.75 Å². The summed E-state index contributed by atoms with van der Waals surface area (Å²) in [5.74, 6) is 1.54. The van der Waals surface area contributed by atoms with E-state index in [1.165, 1.54) is 7.11 Å². The van der Waals surface area contributed by atoms with Gasteiger partial charge in [-0.15, -0.1) is 0 Å². The molecule has 0 unspecified atom stereocenters. The predicted molar refractivity (Wildman–Crippen MR) is 74.2 cm³/mol. The van der Waals surface area contributed by atoms with E-state index < -0.39 is 15.7 Å². The molecule has 0 bridgehead atoms. The minimum absolute atomic E-state index is 0.0447. The van der Waals surface area contributed by atoms with Gasteiger partial charge in [-0.1, -0.05) is 6.07 Å². The van der Waals surface area contributed by atoms with E-state index in [1.54, 1.807) is 18.2 Å². The van der Waals surface area contributed by atoms with Crippen molar-refractivity contribution in [3.8, 4) is 5.75 Å². The van der Waals surface area contributed by atoms with Gasteiger partial charge in [0.25, 0.3) is 0 Å². The van der Waals surface area contributed by atoms with E-state index in [1.807, 2.05) is 0 Å². The van der Waals surface area contributed by atoms with Gasteiger partial charge >= 0.3 is 5.69 Å². The number of anilines is 1. The zero-order valence-corrected chi connectivity index (χ0v) is 11.4. The van der Waals surface area contributed by atoms with Gasteiger partial charge < -0.3 is 10.1 Å². The number of benzene rings is 1. The van der Waals surface area contributed by atoms with Crippen molar-refractivity contribution < 1.29 is 13.9 Å². The Labute approximate surface area is 113 Å². The van der Waals surface area contributed by atoms with Crippen LogP contribution in [0.2, 0.25) is 0 Å². The summed E-state index contributed by atoms with van der Waals surface area (Å²) >= 11 is 0. The van der Waals surface area contributed by atoms with Crippen LogP contribution in [0.5, 0.6) is 5.75 Å². The predicted octanol–water partition coefficient (Wildman–Crippen LogP) is 1.93. The Hall–Kier alpha value is -1.63. The van der Waals surface area contributed by atoms with Gasteiger partial charge in [-0.05, 0) is 25.0 Å². The molecule has 1 aliphatic rings. The quantitative estimate of drug-likeness (QED) is 0.675. The van der Waals surface area contributed by atoms with E-state index in [-0.39, 0.29) is 17.5 Å². The molecule has 0 radical (unpaired) electrons. The minimum atomic E-state index is -0.738. The summed E-state index contributed by atoms with van der Waals surface area (Å²) in [6, 6.07) is 5.09. The molecule has 2 rings (SSSR count). The molecule has 6 nitrogen and oxygen atoms in total. The lowest BCUT2D eigenvalue weighted by atomic mass is 10.1. The zero-order valence-electron chi connectivity index (χ0n) is 10.6. The third-order valence-corrected chi connectivity index (χ3v) is 4.53. The van der Waals surface area contributed by atoms with Crippen LogP contribution in [-0.4, -0.2) is 33.8 Å². The van der Waals surface area contributed by atoms with Crippen LogP contribution in [0.3, 0.4) is 0 Å². The summed E-state index contributed by atoms with van der Waals surface area (Å²) in [6.07, 6.45) is 1.53. The number of nitrogens with zero attached hydrogens (tertiary/aromatic N) is 1. The van der Waals surface area contributed by atoms with Crippen molar-refractivity contribution in [3.05, 3.63) is 28.3 Å². The van der Waals surface area contributed by atoms with Gasteiger partial charge in [-0.25, -0.2) is 0 Å². The number of para-hydroxylation sites is 1. The molecule has 104 valence electrons. The van der Waals surface area contributed by atoms with Gasteiger partial charge in [0.1, 0.15) is 5.69 Å². The first-order chi connectivity index (χ1) is 9.11. The molecule has 0 spiro atoms. The average molecular weight is 284 g/mol. The second kappa shape index (κ2) is 6.01. The minimum Gasteiger partial charge on any atom is -0.490 e. The Morgan fingerprint density at radius 3 is 2.68 bits per heavy atom.